The summed E-state index contributed by atoms with van der Waals surface area (Å²) in [6.45, 7) is 1.82. The fourth-order valence-electron chi connectivity index (χ4n) is 1.81. The van der Waals surface area contributed by atoms with E-state index >= 15 is 0 Å². The van der Waals surface area contributed by atoms with Gasteiger partial charge in [0.15, 0.2) is 0 Å². The second-order valence-electron chi connectivity index (χ2n) is 4.05. The zero-order valence-electron chi connectivity index (χ0n) is 9.62. The molecule has 0 radical (unpaired) electrons. The summed E-state index contributed by atoms with van der Waals surface area (Å²) in [7, 11) is 0. The summed E-state index contributed by atoms with van der Waals surface area (Å²) in [6, 6.07) is 9.63. The van der Waals surface area contributed by atoms with Crippen molar-refractivity contribution in [2.24, 2.45) is 0 Å². The zero-order chi connectivity index (χ0) is 13.3. The lowest BCUT2D eigenvalue weighted by atomic mass is 9.97. The maximum atomic E-state index is 13.2. The monoisotopic (exact) mass is 328 g/mol. The maximum absolute atomic E-state index is 13.2. The van der Waals surface area contributed by atoms with Crippen LogP contribution in [-0.4, -0.2) is 5.11 Å². The van der Waals surface area contributed by atoms with Crippen LogP contribution in [0.15, 0.2) is 40.9 Å². The highest BCUT2D eigenvalue weighted by atomic mass is 79.9. The summed E-state index contributed by atoms with van der Waals surface area (Å²) in [6.07, 6.45) is -0.939. The third-order valence-electron chi connectivity index (χ3n) is 2.81. The Hall–Kier alpha value is -0.900. The number of hydrogen-bond acceptors (Lipinski definition) is 1. The lowest BCUT2D eigenvalue weighted by molar-refractivity contribution is 0.219. The fourth-order valence-corrected chi connectivity index (χ4v) is 2.42. The summed E-state index contributed by atoms with van der Waals surface area (Å²) < 4.78 is 14.0. The molecule has 0 aliphatic carbocycles. The van der Waals surface area contributed by atoms with Crippen molar-refractivity contribution in [3.05, 3.63) is 68.4 Å². The molecule has 0 aromatic heterocycles. The van der Waals surface area contributed by atoms with Crippen molar-refractivity contribution in [2.75, 3.05) is 0 Å². The first kappa shape index (κ1) is 13.5. The molecule has 94 valence electrons. The number of hydrogen-bond donors (Lipinski definition) is 1. The zero-order valence-corrected chi connectivity index (χ0v) is 12.0. The molecule has 4 heteroatoms. The van der Waals surface area contributed by atoms with Crippen LogP contribution in [0.5, 0.6) is 0 Å². The fraction of sp³-hybridized carbons (Fsp3) is 0.143. The minimum atomic E-state index is -0.939. The predicted molar refractivity (Wildman–Crippen MR) is 74.4 cm³/mol. The van der Waals surface area contributed by atoms with E-state index in [2.05, 4.69) is 15.9 Å². The number of aliphatic hydroxyl groups excluding tert-OH is 1. The van der Waals surface area contributed by atoms with E-state index in [1.165, 1.54) is 12.1 Å². The van der Waals surface area contributed by atoms with Crippen molar-refractivity contribution in [3.8, 4) is 0 Å². The largest absolute Gasteiger partial charge is 0.384 e. The summed E-state index contributed by atoms with van der Waals surface area (Å²) in [5, 5.41) is 10.8. The van der Waals surface area contributed by atoms with Gasteiger partial charge in [-0.3, -0.25) is 0 Å². The highest BCUT2D eigenvalue weighted by Crippen LogP contribution is 2.34. The van der Waals surface area contributed by atoms with Gasteiger partial charge in [0.1, 0.15) is 11.9 Å². The van der Waals surface area contributed by atoms with Gasteiger partial charge in [0.2, 0.25) is 0 Å². The normalized spacial score (nSPS) is 12.5. The molecule has 0 spiro atoms. The first-order chi connectivity index (χ1) is 8.50. The molecule has 1 N–H and O–H groups in total. The Morgan fingerprint density at radius 3 is 2.67 bits per heavy atom. The van der Waals surface area contributed by atoms with E-state index in [1.807, 2.05) is 6.92 Å². The van der Waals surface area contributed by atoms with Crippen LogP contribution in [0.4, 0.5) is 4.39 Å². The maximum Gasteiger partial charge on any atom is 0.123 e. The Balaban J connectivity index is 2.51. The SMILES string of the molecule is Cc1ccc(F)cc1C(O)c1cccc(Br)c1Cl. The number of halogens is 3. The molecule has 1 unspecified atom stereocenters. The number of benzene rings is 2. The first-order valence-corrected chi connectivity index (χ1v) is 6.56. The second-order valence-corrected chi connectivity index (χ2v) is 5.28. The topological polar surface area (TPSA) is 20.2 Å². The van der Waals surface area contributed by atoms with Crippen molar-refractivity contribution < 1.29 is 9.50 Å². The van der Waals surface area contributed by atoms with Crippen molar-refractivity contribution in [2.45, 2.75) is 13.0 Å². The lowest BCUT2D eigenvalue weighted by Gasteiger charge is -2.16. The highest BCUT2D eigenvalue weighted by molar-refractivity contribution is 9.10. The summed E-state index contributed by atoms with van der Waals surface area (Å²) in [5.74, 6) is -0.374. The van der Waals surface area contributed by atoms with E-state index in [0.717, 1.165) is 5.56 Å². The van der Waals surface area contributed by atoms with Gasteiger partial charge >= 0.3 is 0 Å². The molecule has 0 heterocycles. The van der Waals surface area contributed by atoms with Crippen molar-refractivity contribution >= 4 is 27.5 Å². The third-order valence-corrected chi connectivity index (χ3v) is 4.12. The van der Waals surface area contributed by atoms with Crippen LogP contribution in [0, 0.1) is 12.7 Å². The molecule has 0 fully saturated rings. The quantitative estimate of drug-likeness (QED) is 0.851. The molecule has 2 rings (SSSR count). The molecule has 0 amide bonds. The lowest BCUT2D eigenvalue weighted by Crippen LogP contribution is -2.03. The number of aliphatic hydroxyl groups is 1. The van der Waals surface area contributed by atoms with E-state index < -0.39 is 6.10 Å². The van der Waals surface area contributed by atoms with Gasteiger partial charge in [0.25, 0.3) is 0 Å². The summed E-state index contributed by atoms with van der Waals surface area (Å²) in [4.78, 5) is 0. The van der Waals surface area contributed by atoms with Crippen LogP contribution in [0.2, 0.25) is 5.02 Å². The Bertz CT molecular complexity index is 584. The van der Waals surface area contributed by atoms with Crippen LogP contribution in [0.25, 0.3) is 0 Å². The molecule has 18 heavy (non-hydrogen) atoms. The van der Waals surface area contributed by atoms with Crippen molar-refractivity contribution in [3.63, 3.8) is 0 Å². The first-order valence-electron chi connectivity index (χ1n) is 5.38. The molecule has 0 saturated heterocycles. The van der Waals surface area contributed by atoms with Crippen LogP contribution < -0.4 is 0 Å². The van der Waals surface area contributed by atoms with Crippen LogP contribution in [-0.2, 0) is 0 Å². The molecular weight excluding hydrogens is 319 g/mol. The Labute approximate surface area is 118 Å². The minimum Gasteiger partial charge on any atom is -0.384 e. The Morgan fingerprint density at radius 2 is 1.94 bits per heavy atom. The molecule has 2 aromatic rings. The summed E-state index contributed by atoms with van der Waals surface area (Å²) >= 11 is 9.43. The van der Waals surface area contributed by atoms with E-state index in [0.29, 0.717) is 20.6 Å². The second kappa shape index (κ2) is 5.39. The Kier molecular flexibility index (Phi) is 4.05. The van der Waals surface area contributed by atoms with Gasteiger partial charge in [-0.1, -0.05) is 29.8 Å². The Morgan fingerprint density at radius 1 is 1.22 bits per heavy atom. The smallest absolute Gasteiger partial charge is 0.123 e. The molecule has 1 atom stereocenters. The molecule has 1 nitrogen and oxygen atoms in total. The van der Waals surface area contributed by atoms with Crippen molar-refractivity contribution in [1.82, 2.24) is 0 Å². The van der Waals surface area contributed by atoms with Gasteiger partial charge < -0.3 is 5.11 Å². The molecule has 0 aliphatic heterocycles. The molecular formula is C14H11BrClFO. The number of rotatable bonds is 2. The van der Waals surface area contributed by atoms with Gasteiger partial charge in [-0.15, -0.1) is 0 Å². The predicted octanol–water partition coefficient (Wildman–Crippen LogP) is 4.63. The highest BCUT2D eigenvalue weighted by Gasteiger charge is 2.17. The van der Waals surface area contributed by atoms with E-state index in [1.54, 1.807) is 24.3 Å². The molecule has 0 aliphatic rings. The average molecular weight is 330 g/mol. The van der Waals surface area contributed by atoms with E-state index in [4.69, 9.17) is 11.6 Å². The average Bonchev–Trinajstić information content (AvgIpc) is 2.35. The van der Waals surface area contributed by atoms with Gasteiger partial charge in [0.05, 0.1) is 5.02 Å². The van der Waals surface area contributed by atoms with Crippen LogP contribution >= 0.6 is 27.5 Å². The van der Waals surface area contributed by atoms with E-state index in [-0.39, 0.29) is 5.82 Å². The molecule has 2 aromatic carbocycles. The van der Waals surface area contributed by atoms with Crippen LogP contribution in [0.1, 0.15) is 22.8 Å². The summed E-state index contributed by atoms with van der Waals surface area (Å²) in [5.41, 5.74) is 1.90. The number of aryl methyl sites for hydroxylation is 1. The van der Waals surface area contributed by atoms with Gasteiger partial charge in [-0.25, -0.2) is 4.39 Å². The van der Waals surface area contributed by atoms with Gasteiger partial charge in [-0.2, -0.15) is 0 Å². The van der Waals surface area contributed by atoms with Crippen LogP contribution in [0.3, 0.4) is 0 Å². The van der Waals surface area contributed by atoms with Gasteiger partial charge in [-0.05, 0) is 52.2 Å². The third kappa shape index (κ3) is 2.58. The van der Waals surface area contributed by atoms with E-state index in [9.17, 15) is 9.50 Å². The van der Waals surface area contributed by atoms with Gasteiger partial charge in [0, 0.05) is 10.0 Å². The minimum absolute atomic E-state index is 0.374. The standard InChI is InChI=1S/C14H11BrClFO/c1-8-5-6-9(17)7-11(8)14(18)10-3-2-4-12(15)13(10)16/h2-7,14,18H,1H3. The molecule has 0 saturated carbocycles. The molecule has 0 bridgehead atoms. The van der Waals surface area contributed by atoms with Crippen molar-refractivity contribution in [1.29, 1.82) is 0 Å².